The van der Waals surface area contributed by atoms with Gasteiger partial charge < -0.3 is 5.32 Å². The number of sulfonamides is 1. The van der Waals surface area contributed by atoms with Crippen LogP contribution in [0.15, 0.2) is 83.8 Å². The first-order valence-corrected chi connectivity index (χ1v) is 12.4. The van der Waals surface area contributed by atoms with Gasteiger partial charge in [-0.25, -0.2) is 22.2 Å². The van der Waals surface area contributed by atoms with Gasteiger partial charge in [-0.3, -0.25) is 4.79 Å². The molecule has 0 aliphatic carbocycles. The maximum Gasteiger partial charge on any atom is 0.251 e. The van der Waals surface area contributed by atoms with E-state index in [0.29, 0.717) is 16.7 Å². The molecule has 35 heavy (non-hydrogen) atoms. The number of nitrogens with zero attached hydrogens (tertiary/aromatic N) is 2. The highest BCUT2D eigenvalue weighted by atomic mass is 32.2. The van der Waals surface area contributed by atoms with Crippen molar-refractivity contribution in [3.8, 4) is 5.69 Å². The maximum atomic E-state index is 13.3. The van der Waals surface area contributed by atoms with Crippen molar-refractivity contribution >= 4 is 15.9 Å². The second-order valence-corrected chi connectivity index (χ2v) is 9.94. The van der Waals surface area contributed by atoms with Crippen LogP contribution in [0.3, 0.4) is 0 Å². The fourth-order valence-corrected chi connectivity index (χ4v) is 4.75. The number of hydrogen-bond donors (Lipinski definition) is 2. The lowest BCUT2D eigenvalue weighted by Gasteiger charge is -2.10. The average Bonchev–Trinajstić information content (AvgIpc) is 3.19. The Morgan fingerprint density at radius 3 is 2.26 bits per heavy atom. The molecular formula is C26H25FN4O3S. The van der Waals surface area contributed by atoms with Crippen molar-refractivity contribution in [2.24, 2.45) is 0 Å². The smallest absolute Gasteiger partial charge is 0.251 e. The summed E-state index contributed by atoms with van der Waals surface area (Å²) in [6, 6.07) is 21.1. The van der Waals surface area contributed by atoms with Crippen molar-refractivity contribution in [2.45, 2.75) is 31.8 Å². The van der Waals surface area contributed by atoms with Crippen LogP contribution in [0.5, 0.6) is 0 Å². The van der Waals surface area contributed by atoms with E-state index in [-0.39, 0.29) is 23.9 Å². The van der Waals surface area contributed by atoms with E-state index >= 15 is 0 Å². The van der Waals surface area contributed by atoms with Gasteiger partial charge in [-0.1, -0.05) is 24.3 Å². The molecule has 0 bridgehead atoms. The van der Waals surface area contributed by atoms with Crippen LogP contribution in [0.25, 0.3) is 5.69 Å². The Morgan fingerprint density at radius 2 is 1.60 bits per heavy atom. The fourth-order valence-electron chi connectivity index (χ4n) is 3.66. The zero-order valence-corrected chi connectivity index (χ0v) is 20.1. The lowest BCUT2D eigenvalue weighted by atomic mass is 10.1. The molecule has 180 valence electrons. The van der Waals surface area contributed by atoms with Crippen LogP contribution in [-0.4, -0.2) is 24.1 Å². The Bertz CT molecular complexity index is 1460. The first kappa shape index (κ1) is 24.3. The topological polar surface area (TPSA) is 93.1 Å². The molecule has 0 atom stereocenters. The molecule has 0 spiro atoms. The van der Waals surface area contributed by atoms with Gasteiger partial charge in [0, 0.05) is 24.3 Å². The highest BCUT2D eigenvalue weighted by Crippen LogP contribution is 2.15. The van der Waals surface area contributed by atoms with Gasteiger partial charge >= 0.3 is 0 Å². The normalized spacial score (nSPS) is 11.4. The predicted octanol–water partition coefficient (Wildman–Crippen LogP) is 4.04. The quantitative estimate of drug-likeness (QED) is 0.388. The van der Waals surface area contributed by atoms with Crippen LogP contribution in [-0.2, 0) is 23.1 Å². The second kappa shape index (κ2) is 10.2. The largest absolute Gasteiger partial charge is 0.348 e. The number of hydrogen-bond acceptors (Lipinski definition) is 4. The Kier molecular flexibility index (Phi) is 7.09. The summed E-state index contributed by atoms with van der Waals surface area (Å²) in [6.07, 6.45) is 0. The maximum absolute atomic E-state index is 13.3. The van der Waals surface area contributed by atoms with E-state index in [4.69, 9.17) is 0 Å². The number of aromatic nitrogens is 2. The van der Waals surface area contributed by atoms with Crippen molar-refractivity contribution in [1.82, 2.24) is 19.8 Å². The molecule has 4 aromatic rings. The van der Waals surface area contributed by atoms with Crippen LogP contribution in [0.4, 0.5) is 4.39 Å². The predicted molar refractivity (Wildman–Crippen MR) is 131 cm³/mol. The van der Waals surface area contributed by atoms with Crippen molar-refractivity contribution in [2.75, 3.05) is 0 Å². The molecule has 9 heteroatoms. The summed E-state index contributed by atoms with van der Waals surface area (Å²) in [5, 5.41) is 7.25. The Balaban J connectivity index is 1.38. The molecule has 0 aliphatic heterocycles. The van der Waals surface area contributed by atoms with Crippen molar-refractivity contribution in [3.63, 3.8) is 0 Å². The van der Waals surface area contributed by atoms with Gasteiger partial charge in [-0.05, 0) is 79.6 Å². The third-order valence-electron chi connectivity index (χ3n) is 5.40. The van der Waals surface area contributed by atoms with E-state index < -0.39 is 15.8 Å². The number of carbonyl (C=O) groups is 1. The Morgan fingerprint density at radius 1 is 0.914 bits per heavy atom. The number of amides is 1. The molecular weight excluding hydrogens is 467 g/mol. The lowest BCUT2D eigenvalue weighted by molar-refractivity contribution is 0.0951. The van der Waals surface area contributed by atoms with Gasteiger partial charge in [0.05, 0.1) is 16.3 Å². The van der Waals surface area contributed by atoms with E-state index in [1.807, 2.05) is 36.7 Å². The Hall–Kier alpha value is -3.82. The molecule has 7 nitrogen and oxygen atoms in total. The zero-order valence-electron chi connectivity index (χ0n) is 19.3. The molecule has 0 fully saturated rings. The number of benzene rings is 3. The summed E-state index contributed by atoms with van der Waals surface area (Å²) in [6.45, 7) is 4.01. The molecule has 1 amide bonds. The molecule has 1 heterocycles. The highest BCUT2D eigenvalue weighted by Gasteiger charge is 2.15. The SMILES string of the molecule is Cc1cc(C)n(-c2ccc(C(=O)NCc3cccc(S(=O)(=O)NCc4cccc(F)c4)c3)cc2)n1. The minimum absolute atomic E-state index is 0.0331. The van der Waals surface area contributed by atoms with E-state index in [9.17, 15) is 17.6 Å². The standard InChI is InChI=1S/C26H25FN4O3S/c1-18-13-19(2)31(30-18)24-11-9-22(10-12-24)26(32)28-16-21-6-4-8-25(15-21)35(33,34)29-17-20-5-3-7-23(27)14-20/h3-15,29H,16-17H2,1-2H3,(H,28,32). The molecule has 1 aromatic heterocycles. The molecule has 2 N–H and O–H groups in total. The lowest BCUT2D eigenvalue weighted by Crippen LogP contribution is -2.24. The van der Waals surface area contributed by atoms with Crippen LogP contribution in [0.1, 0.15) is 32.9 Å². The summed E-state index contributed by atoms with van der Waals surface area (Å²) in [5.74, 6) is -0.705. The molecule has 3 aromatic carbocycles. The van der Waals surface area contributed by atoms with Gasteiger partial charge in [0.2, 0.25) is 10.0 Å². The second-order valence-electron chi connectivity index (χ2n) is 8.17. The summed E-state index contributed by atoms with van der Waals surface area (Å²) in [4.78, 5) is 12.7. The van der Waals surface area contributed by atoms with E-state index in [0.717, 1.165) is 17.1 Å². The molecule has 0 unspecified atom stereocenters. The average molecular weight is 493 g/mol. The van der Waals surface area contributed by atoms with Gasteiger partial charge in [0.15, 0.2) is 0 Å². The summed E-state index contributed by atoms with van der Waals surface area (Å²) in [7, 11) is -3.81. The number of halogens is 1. The number of carbonyl (C=O) groups excluding carboxylic acids is 1. The molecule has 4 rings (SSSR count). The number of nitrogens with one attached hydrogen (secondary N) is 2. The van der Waals surface area contributed by atoms with Crippen molar-refractivity contribution in [1.29, 1.82) is 0 Å². The Labute approximate surface area is 203 Å². The molecule has 0 saturated heterocycles. The molecule has 0 radical (unpaired) electrons. The molecule has 0 aliphatic rings. The van der Waals surface area contributed by atoms with Gasteiger partial charge in [-0.15, -0.1) is 0 Å². The van der Waals surface area contributed by atoms with E-state index in [1.54, 1.807) is 30.3 Å². The summed E-state index contributed by atoms with van der Waals surface area (Å²) in [5.41, 5.74) is 4.40. The van der Waals surface area contributed by atoms with Gasteiger partial charge in [0.25, 0.3) is 5.91 Å². The first-order chi connectivity index (χ1) is 16.7. The van der Waals surface area contributed by atoms with Crippen LogP contribution < -0.4 is 10.0 Å². The minimum Gasteiger partial charge on any atom is -0.348 e. The van der Waals surface area contributed by atoms with Gasteiger partial charge in [0.1, 0.15) is 5.82 Å². The number of aryl methyl sites for hydroxylation is 2. The third kappa shape index (κ3) is 6.00. The van der Waals surface area contributed by atoms with Crippen LogP contribution in [0, 0.1) is 19.7 Å². The van der Waals surface area contributed by atoms with E-state index in [2.05, 4.69) is 15.1 Å². The molecule has 0 saturated carbocycles. The van der Waals surface area contributed by atoms with E-state index in [1.165, 1.54) is 30.3 Å². The fraction of sp³-hybridized carbons (Fsp3) is 0.154. The highest BCUT2D eigenvalue weighted by molar-refractivity contribution is 7.89. The minimum atomic E-state index is -3.81. The summed E-state index contributed by atoms with van der Waals surface area (Å²) >= 11 is 0. The van der Waals surface area contributed by atoms with Crippen molar-refractivity contribution < 1.29 is 17.6 Å². The first-order valence-electron chi connectivity index (χ1n) is 11.0. The number of rotatable bonds is 8. The monoisotopic (exact) mass is 492 g/mol. The summed E-state index contributed by atoms with van der Waals surface area (Å²) < 4.78 is 43.0. The van der Waals surface area contributed by atoms with Gasteiger partial charge in [-0.2, -0.15) is 5.10 Å². The van der Waals surface area contributed by atoms with Crippen molar-refractivity contribution in [3.05, 3.63) is 113 Å². The van der Waals surface area contributed by atoms with Crippen LogP contribution in [0.2, 0.25) is 0 Å². The zero-order chi connectivity index (χ0) is 25.0. The third-order valence-corrected chi connectivity index (χ3v) is 6.80. The van der Waals surface area contributed by atoms with Crippen LogP contribution >= 0.6 is 0 Å².